The van der Waals surface area contributed by atoms with Gasteiger partial charge in [0.25, 0.3) is 0 Å². The molecule has 0 aliphatic heterocycles. The third-order valence-corrected chi connectivity index (χ3v) is 2.31. The predicted molar refractivity (Wildman–Crippen MR) is 37.5 cm³/mol. The maximum Gasteiger partial charge on any atom is 0.169 e. The van der Waals surface area contributed by atoms with E-state index in [1.807, 2.05) is 0 Å². The van der Waals surface area contributed by atoms with Gasteiger partial charge in [-0.3, -0.25) is 4.79 Å². The molecular weight excluding hydrogens is 131 g/mol. The van der Waals surface area contributed by atoms with E-state index < -0.39 is 6.17 Å². The van der Waals surface area contributed by atoms with Crippen molar-refractivity contribution >= 4 is 5.78 Å². The van der Waals surface area contributed by atoms with Crippen LogP contribution in [0.25, 0.3) is 0 Å². The smallest absolute Gasteiger partial charge is 0.169 e. The average molecular weight is 144 g/mol. The van der Waals surface area contributed by atoms with Gasteiger partial charge in [0.15, 0.2) is 12.0 Å². The number of carbonyl (C=O) groups excluding carboxylic acids is 1. The van der Waals surface area contributed by atoms with Crippen molar-refractivity contribution in [2.24, 2.45) is 11.8 Å². The summed E-state index contributed by atoms with van der Waals surface area (Å²) in [5, 5.41) is 0. The van der Waals surface area contributed by atoms with Crippen molar-refractivity contribution in [1.29, 1.82) is 0 Å². The number of carbonyl (C=O) groups is 1. The molecule has 1 nitrogen and oxygen atoms in total. The standard InChI is InChI=1S/C8H13FO/c1-5-3-4-6(2)8(10)7(5)9/h5-7H,3-4H2,1-2H3/t5-,6+,7+/m0/s1. The Kier molecular flexibility index (Phi) is 2.07. The lowest BCUT2D eigenvalue weighted by Crippen LogP contribution is -2.33. The van der Waals surface area contributed by atoms with E-state index in [4.69, 9.17) is 0 Å². The van der Waals surface area contributed by atoms with E-state index in [2.05, 4.69) is 0 Å². The lowest BCUT2D eigenvalue weighted by Gasteiger charge is -2.25. The third kappa shape index (κ3) is 1.20. The van der Waals surface area contributed by atoms with Gasteiger partial charge >= 0.3 is 0 Å². The zero-order chi connectivity index (χ0) is 7.72. The highest BCUT2D eigenvalue weighted by Gasteiger charge is 2.33. The Hall–Kier alpha value is -0.400. The Labute approximate surface area is 60.6 Å². The normalized spacial score (nSPS) is 41.9. The highest BCUT2D eigenvalue weighted by molar-refractivity contribution is 5.85. The van der Waals surface area contributed by atoms with Gasteiger partial charge in [-0.15, -0.1) is 0 Å². The highest BCUT2D eigenvalue weighted by atomic mass is 19.1. The monoisotopic (exact) mass is 144 g/mol. The summed E-state index contributed by atoms with van der Waals surface area (Å²) in [4.78, 5) is 11.0. The molecule has 0 heterocycles. The second kappa shape index (κ2) is 2.69. The summed E-state index contributed by atoms with van der Waals surface area (Å²) in [5.74, 6) is -0.298. The number of ketones is 1. The molecule has 2 heteroatoms. The summed E-state index contributed by atoms with van der Waals surface area (Å²) < 4.78 is 12.9. The molecule has 10 heavy (non-hydrogen) atoms. The summed E-state index contributed by atoms with van der Waals surface area (Å²) in [6, 6.07) is 0. The van der Waals surface area contributed by atoms with Crippen molar-refractivity contribution in [2.75, 3.05) is 0 Å². The largest absolute Gasteiger partial charge is 0.296 e. The predicted octanol–water partition coefficient (Wildman–Crippen LogP) is 1.96. The zero-order valence-electron chi connectivity index (χ0n) is 6.43. The van der Waals surface area contributed by atoms with Gasteiger partial charge in [-0.25, -0.2) is 4.39 Å². The molecule has 0 aromatic carbocycles. The van der Waals surface area contributed by atoms with E-state index in [1.165, 1.54) is 0 Å². The molecule has 58 valence electrons. The number of hydrogen-bond acceptors (Lipinski definition) is 1. The second-order valence-corrected chi connectivity index (χ2v) is 3.26. The van der Waals surface area contributed by atoms with Crippen molar-refractivity contribution in [1.82, 2.24) is 0 Å². The van der Waals surface area contributed by atoms with Crippen LogP contribution in [-0.2, 0) is 4.79 Å². The van der Waals surface area contributed by atoms with Crippen LogP contribution in [0, 0.1) is 11.8 Å². The Morgan fingerprint density at radius 2 is 2.00 bits per heavy atom. The summed E-state index contributed by atoms with van der Waals surface area (Å²) in [5.41, 5.74) is 0. The fourth-order valence-corrected chi connectivity index (χ4v) is 1.35. The van der Waals surface area contributed by atoms with Crippen LogP contribution in [0.1, 0.15) is 26.7 Å². The zero-order valence-corrected chi connectivity index (χ0v) is 6.43. The molecule has 0 radical (unpaired) electrons. The Morgan fingerprint density at radius 1 is 1.40 bits per heavy atom. The first kappa shape index (κ1) is 7.70. The fourth-order valence-electron chi connectivity index (χ4n) is 1.35. The van der Waals surface area contributed by atoms with Crippen molar-refractivity contribution < 1.29 is 9.18 Å². The third-order valence-electron chi connectivity index (χ3n) is 2.31. The van der Waals surface area contributed by atoms with Crippen LogP contribution in [0.3, 0.4) is 0 Å². The van der Waals surface area contributed by atoms with E-state index in [1.54, 1.807) is 13.8 Å². The number of halogens is 1. The van der Waals surface area contributed by atoms with Gasteiger partial charge < -0.3 is 0 Å². The molecule has 0 unspecified atom stereocenters. The minimum atomic E-state index is -1.19. The lowest BCUT2D eigenvalue weighted by atomic mass is 9.81. The quantitative estimate of drug-likeness (QED) is 0.508. The first-order valence-electron chi connectivity index (χ1n) is 3.80. The van der Waals surface area contributed by atoms with Crippen molar-refractivity contribution in [3.05, 3.63) is 0 Å². The summed E-state index contributed by atoms with van der Waals surface area (Å²) in [6.07, 6.45) is 0.526. The first-order chi connectivity index (χ1) is 4.63. The summed E-state index contributed by atoms with van der Waals surface area (Å²) in [6.45, 7) is 3.61. The van der Waals surface area contributed by atoms with Gasteiger partial charge in [0.1, 0.15) is 0 Å². The molecule has 0 amide bonds. The van der Waals surface area contributed by atoms with Gasteiger partial charge in [0.05, 0.1) is 0 Å². The molecule has 0 bridgehead atoms. The molecule has 0 N–H and O–H groups in total. The van der Waals surface area contributed by atoms with Crippen LogP contribution in [0.5, 0.6) is 0 Å². The Bertz CT molecular complexity index is 144. The molecule has 0 aromatic rings. The molecule has 0 spiro atoms. The summed E-state index contributed by atoms with van der Waals surface area (Å²) in [7, 11) is 0. The molecular formula is C8H13FO. The second-order valence-electron chi connectivity index (χ2n) is 3.26. The van der Waals surface area contributed by atoms with Crippen molar-refractivity contribution in [3.63, 3.8) is 0 Å². The van der Waals surface area contributed by atoms with Crippen LogP contribution in [0.4, 0.5) is 4.39 Å². The van der Waals surface area contributed by atoms with E-state index in [-0.39, 0.29) is 17.6 Å². The number of rotatable bonds is 0. The molecule has 0 saturated heterocycles. The average Bonchev–Trinajstić information content (AvgIpc) is 1.93. The lowest BCUT2D eigenvalue weighted by molar-refractivity contribution is -0.131. The molecule has 1 saturated carbocycles. The van der Waals surface area contributed by atoms with Crippen LogP contribution in [0.15, 0.2) is 0 Å². The molecule has 1 aliphatic rings. The maximum atomic E-state index is 12.9. The van der Waals surface area contributed by atoms with Crippen molar-refractivity contribution in [2.45, 2.75) is 32.9 Å². The van der Waals surface area contributed by atoms with Crippen LogP contribution >= 0.6 is 0 Å². The van der Waals surface area contributed by atoms with Crippen LogP contribution in [0.2, 0.25) is 0 Å². The molecule has 0 aromatic heterocycles. The van der Waals surface area contributed by atoms with Crippen LogP contribution in [-0.4, -0.2) is 12.0 Å². The number of alkyl halides is 1. The van der Waals surface area contributed by atoms with E-state index in [0.717, 1.165) is 12.8 Å². The first-order valence-corrected chi connectivity index (χ1v) is 3.80. The van der Waals surface area contributed by atoms with Crippen LogP contribution < -0.4 is 0 Å². The minimum absolute atomic E-state index is 0.0498. The summed E-state index contributed by atoms with van der Waals surface area (Å²) >= 11 is 0. The number of hydrogen-bond donors (Lipinski definition) is 0. The molecule has 1 fully saturated rings. The topological polar surface area (TPSA) is 17.1 Å². The van der Waals surface area contributed by atoms with Gasteiger partial charge in [-0.05, 0) is 18.8 Å². The Balaban J connectivity index is 2.60. The molecule has 3 atom stereocenters. The van der Waals surface area contributed by atoms with Crippen molar-refractivity contribution in [3.8, 4) is 0 Å². The van der Waals surface area contributed by atoms with E-state index >= 15 is 0 Å². The van der Waals surface area contributed by atoms with E-state index in [9.17, 15) is 9.18 Å². The van der Waals surface area contributed by atoms with Gasteiger partial charge in [-0.2, -0.15) is 0 Å². The minimum Gasteiger partial charge on any atom is -0.296 e. The molecule has 1 aliphatic carbocycles. The highest BCUT2D eigenvalue weighted by Crippen LogP contribution is 2.27. The molecule has 1 rings (SSSR count). The SMILES string of the molecule is C[C@@H]1CC[C@H](C)[C@@H](F)C1=O. The maximum absolute atomic E-state index is 12.9. The Morgan fingerprint density at radius 3 is 2.50 bits per heavy atom. The van der Waals surface area contributed by atoms with Gasteiger partial charge in [0.2, 0.25) is 0 Å². The fraction of sp³-hybridized carbons (Fsp3) is 0.875. The van der Waals surface area contributed by atoms with E-state index in [0.29, 0.717) is 0 Å². The number of Topliss-reactive ketones (excluding diaryl/α,β-unsaturated/α-hetero) is 1. The van der Waals surface area contributed by atoms with Gasteiger partial charge in [-0.1, -0.05) is 13.8 Å². The van der Waals surface area contributed by atoms with Gasteiger partial charge in [0, 0.05) is 5.92 Å².